The number of thiocarbonyl (C=S) groups is 1. The molecule has 0 bridgehead atoms. The van der Waals surface area contributed by atoms with E-state index < -0.39 is 17.4 Å². The van der Waals surface area contributed by atoms with Gasteiger partial charge in [-0.25, -0.2) is 4.39 Å². The van der Waals surface area contributed by atoms with Gasteiger partial charge in [-0.1, -0.05) is 18.2 Å². The number of nitrogens with one attached hydrogen (secondary N) is 2. The quantitative estimate of drug-likeness (QED) is 0.582. The van der Waals surface area contributed by atoms with Crippen LogP contribution in [0.15, 0.2) is 42.5 Å². The smallest absolute Gasteiger partial charge is 0.202 e. The molecule has 2 aromatic carbocycles. The lowest BCUT2D eigenvalue weighted by Gasteiger charge is -2.12. The molecule has 3 N–H and O–H groups in total. The molecule has 0 fully saturated rings. The second kappa shape index (κ2) is 5.62. The molecule has 0 aliphatic rings. The Hall–Kier alpha value is -2.21. The third kappa shape index (κ3) is 3.17. The highest BCUT2D eigenvalue weighted by Crippen LogP contribution is 2.28. The summed E-state index contributed by atoms with van der Waals surface area (Å²) < 4.78 is 26.0. The molecule has 0 spiro atoms. The van der Waals surface area contributed by atoms with Gasteiger partial charge in [-0.15, -0.1) is 0 Å². The van der Waals surface area contributed by atoms with Gasteiger partial charge in [0.05, 0.1) is 5.69 Å². The van der Waals surface area contributed by atoms with E-state index >= 15 is 0 Å². The molecule has 0 atom stereocenters. The first-order valence-corrected chi connectivity index (χ1v) is 5.79. The monoisotopic (exact) mass is 280 g/mol. The van der Waals surface area contributed by atoms with Gasteiger partial charge in [0.15, 0.2) is 16.7 Å². The summed E-state index contributed by atoms with van der Waals surface area (Å²) in [5, 5.41) is 15.0. The molecule has 0 heterocycles. The number of rotatable bonds is 2. The Morgan fingerprint density at radius 3 is 2.37 bits per heavy atom. The molecule has 0 radical (unpaired) electrons. The Morgan fingerprint density at radius 2 is 1.68 bits per heavy atom. The fraction of sp³-hybridized carbons (Fsp3) is 0. The van der Waals surface area contributed by atoms with Crippen molar-refractivity contribution in [2.75, 3.05) is 10.6 Å². The van der Waals surface area contributed by atoms with Crippen molar-refractivity contribution in [3.8, 4) is 5.75 Å². The summed E-state index contributed by atoms with van der Waals surface area (Å²) >= 11 is 5.00. The van der Waals surface area contributed by atoms with Crippen LogP contribution in [0.3, 0.4) is 0 Å². The zero-order chi connectivity index (χ0) is 13.8. The summed E-state index contributed by atoms with van der Waals surface area (Å²) in [5.74, 6) is -3.24. The van der Waals surface area contributed by atoms with Gasteiger partial charge in [-0.3, -0.25) is 0 Å². The van der Waals surface area contributed by atoms with E-state index in [0.717, 1.165) is 11.8 Å². The molecule has 6 heteroatoms. The molecular formula is C13H10F2N2OS. The van der Waals surface area contributed by atoms with E-state index in [1.54, 1.807) is 12.1 Å². The van der Waals surface area contributed by atoms with E-state index in [4.69, 9.17) is 12.2 Å². The van der Waals surface area contributed by atoms with Crippen LogP contribution in [0.25, 0.3) is 0 Å². The minimum absolute atomic E-state index is 0.00710. The first-order chi connectivity index (χ1) is 9.08. The molecule has 2 rings (SSSR count). The zero-order valence-electron chi connectivity index (χ0n) is 9.65. The maximum atomic E-state index is 13.1. The highest BCUT2D eigenvalue weighted by atomic mass is 32.1. The summed E-state index contributed by atoms with van der Waals surface area (Å²) in [6.45, 7) is 0. The van der Waals surface area contributed by atoms with Gasteiger partial charge in [0.1, 0.15) is 0 Å². The third-order valence-electron chi connectivity index (χ3n) is 2.35. The minimum atomic E-state index is -1.31. The molecule has 0 saturated carbocycles. The van der Waals surface area contributed by atoms with Crippen molar-refractivity contribution in [2.45, 2.75) is 0 Å². The average molecular weight is 280 g/mol. The normalized spacial score (nSPS) is 10.0. The number of phenols is 1. The lowest BCUT2D eigenvalue weighted by Crippen LogP contribution is -2.19. The van der Waals surface area contributed by atoms with Gasteiger partial charge in [0, 0.05) is 5.69 Å². The van der Waals surface area contributed by atoms with Crippen molar-refractivity contribution < 1.29 is 13.9 Å². The van der Waals surface area contributed by atoms with Gasteiger partial charge in [0.2, 0.25) is 5.82 Å². The summed E-state index contributed by atoms with van der Waals surface area (Å²) in [6.07, 6.45) is 0. The van der Waals surface area contributed by atoms with E-state index in [9.17, 15) is 13.9 Å². The van der Waals surface area contributed by atoms with E-state index in [0.29, 0.717) is 0 Å². The maximum absolute atomic E-state index is 13.1. The first kappa shape index (κ1) is 13.2. The van der Waals surface area contributed by atoms with E-state index in [1.165, 1.54) is 6.07 Å². The molecule has 0 aromatic heterocycles. The van der Waals surface area contributed by atoms with Crippen LogP contribution in [0.2, 0.25) is 0 Å². The fourth-order valence-electron chi connectivity index (χ4n) is 1.45. The minimum Gasteiger partial charge on any atom is -0.503 e. The lowest BCUT2D eigenvalue weighted by molar-refractivity contribution is 0.409. The Balaban J connectivity index is 2.10. The van der Waals surface area contributed by atoms with Crippen LogP contribution in [-0.2, 0) is 0 Å². The summed E-state index contributed by atoms with van der Waals surface area (Å²) in [6, 6.07) is 11.2. The predicted molar refractivity (Wildman–Crippen MR) is 74.3 cm³/mol. The van der Waals surface area contributed by atoms with Crippen molar-refractivity contribution in [2.24, 2.45) is 0 Å². The third-order valence-corrected chi connectivity index (χ3v) is 2.55. The number of benzene rings is 2. The summed E-state index contributed by atoms with van der Waals surface area (Å²) in [5.41, 5.74) is 0.731. The standard InChI is InChI=1S/C13H10F2N2OS/c14-9-6-7-10(12(18)11(9)15)17-13(19)16-8-4-2-1-3-5-8/h1-7,18H,(H2,16,17,19). The Kier molecular flexibility index (Phi) is 3.91. The lowest BCUT2D eigenvalue weighted by atomic mass is 10.2. The molecule has 3 nitrogen and oxygen atoms in total. The van der Waals surface area contributed by atoms with Gasteiger partial charge in [-0.05, 0) is 36.5 Å². The number of para-hydroxylation sites is 1. The Labute approximate surface area is 113 Å². The molecule has 0 saturated heterocycles. The Bertz CT molecular complexity index is 605. The average Bonchev–Trinajstić information content (AvgIpc) is 2.41. The number of anilines is 2. The Morgan fingerprint density at radius 1 is 1.00 bits per heavy atom. The topological polar surface area (TPSA) is 44.3 Å². The van der Waals surface area contributed by atoms with Crippen molar-refractivity contribution in [3.63, 3.8) is 0 Å². The highest BCUT2D eigenvalue weighted by molar-refractivity contribution is 7.80. The maximum Gasteiger partial charge on any atom is 0.202 e. The number of hydrogen-bond acceptors (Lipinski definition) is 2. The van der Waals surface area contributed by atoms with Gasteiger partial charge in [-0.2, -0.15) is 4.39 Å². The van der Waals surface area contributed by atoms with Crippen LogP contribution in [0.5, 0.6) is 5.75 Å². The molecule has 2 aromatic rings. The van der Waals surface area contributed by atoms with Crippen molar-refractivity contribution in [1.82, 2.24) is 0 Å². The van der Waals surface area contributed by atoms with Gasteiger partial charge < -0.3 is 15.7 Å². The second-order valence-electron chi connectivity index (χ2n) is 3.70. The van der Waals surface area contributed by atoms with Crippen LogP contribution >= 0.6 is 12.2 Å². The van der Waals surface area contributed by atoms with Crippen LogP contribution in [0, 0.1) is 11.6 Å². The number of halogens is 2. The number of aromatic hydroxyl groups is 1. The van der Waals surface area contributed by atoms with E-state index in [1.807, 2.05) is 18.2 Å². The molecule has 98 valence electrons. The van der Waals surface area contributed by atoms with E-state index in [-0.39, 0.29) is 10.8 Å². The summed E-state index contributed by atoms with van der Waals surface area (Å²) in [4.78, 5) is 0. The predicted octanol–water partition coefficient (Wildman–Crippen LogP) is 3.48. The molecule has 0 amide bonds. The zero-order valence-corrected chi connectivity index (χ0v) is 10.5. The van der Waals surface area contributed by atoms with Crippen LogP contribution in [-0.4, -0.2) is 10.2 Å². The van der Waals surface area contributed by atoms with Gasteiger partial charge >= 0.3 is 0 Å². The first-order valence-electron chi connectivity index (χ1n) is 5.38. The van der Waals surface area contributed by atoms with E-state index in [2.05, 4.69) is 10.6 Å². The molecule has 0 aliphatic carbocycles. The van der Waals surface area contributed by atoms with Crippen LogP contribution in [0.4, 0.5) is 20.2 Å². The van der Waals surface area contributed by atoms with Gasteiger partial charge in [0.25, 0.3) is 0 Å². The molecule has 0 unspecified atom stereocenters. The van der Waals surface area contributed by atoms with Crippen LogP contribution in [0.1, 0.15) is 0 Å². The second-order valence-corrected chi connectivity index (χ2v) is 4.11. The summed E-state index contributed by atoms with van der Waals surface area (Å²) in [7, 11) is 0. The fourth-order valence-corrected chi connectivity index (χ4v) is 1.67. The largest absolute Gasteiger partial charge is 0.503 e. The highest BCUT2D eigenvalue weighted by Gasteiger charge is 2.13. The van der Waals surface area contributed by atoms with Crippen LogP contribution < -0.4 is 10.6 Å². The SMILES string of the molecule is Oc1c(NC(=S)Nc2ccccc2)ccc(F)c1F. The van der Waals surface area contributed by atoms with Crippen molar-refractivity contribution in [1.29, 1.82) is 0 Å². The molecule has 0 aliphatic heterocycles. The molecular weight excluding hydrogens is 270 g/mol. The number of phenolic OH excluding ortho intramolecular Hbond substituents is 1. The van der Waals surface area contributed by atoms with Crippen molar-refractivity contribution >= 4 is 28.7 Å². The molecule has 19 heavy (non-hydrogen) atoms. The van der Waals surface area contributed by atoms with Crippen molar-refractivity contribution in [3.05, 3.63) is 54.1 Å². The number of hydrogen-bond donors (Lipinski definition) is 3.